The van der Waals surface area contributed by atoms with Crippen LogP contribution in [0.1, 0.15) is 39.5 Å². The largest absolute Gasteiger partial charge is 0.396 e. The topological polar surface area (TPSA) is 49.3 Å². The van der Waals surface area contributed by atoms with Gasteiger partial charge >= 0.3 is 0 Å². The van der Waals surface area contributed by atoms with Crippen molar-refractivity contribution in [2.24, 2.45) is 17.8 Å². The minimum absolute atomic E-state index is 0.0243. The lowest BCUT2D eigenvalue weighted by molar-refractivity contribution is -0.118. The second-order valence-electron chi connectivity index (χ2n) is 5.76. The van der Waals surface area contributed by atoms with Crippen molar-refractivity contribution in [3.63, 3.8) is 0 Å². The molecule has 4 unspecified atom stereocenters. The van der Waals surface area contributed by atoms with Crippen molar-refractivity contribution in [1.82, 2.24) is 5.32 Å². The van der Waals surface area contributed by atoms with Crippen LogP contribution in [0.2, 0.25) is 0 Å². The summed E-state index contributed by atoms with van der Waals surface area (Å²) in [4.78, 5) is 12.0. The molecule has 19 heavy (non-hydrogen) atoms. The fourth-order valence-electron chi connectivity index (χ4n) is 3.71. The second-order valence-corrected chi connectivity index (χ2v) is 5.76. The van der Waals surface area contributed by atoms with E-state index in [0.29, 0.717) is 11.8 Å². The third-order valence-corrected chi connectivity index (χ3v) is 4.84. The molecule has 2 fully saturated rings. The van der Waals surface area contributed by atoms with Crippen LogP contribution in [0.4, 0.5) is 0 Å². The zero-order valence-corrected chi connectivity index (χ0v) is 11.9. The molecule has 0 spiro atoms. The molecule has 1 amide bonds. The molecule has 106 valence electrons. The number of aliphatic hydroxyl groups is 1. The van der Waals surface area contributed by atoms with E-state index in [9.17, 15) is 9.90 Å². The molecule has 0 aliphatic heterocycles. The lowest BCUT2D eigenvalue weighted by atomic mass is 9.85. The molecule has 2 bridgehead atoms. The maximum absolute atomic E-state index is 12.0. The fraction of sp³-hybridized carbons (Fsp3) is 0.688. The van der Waals surface area contributed by atoms with Crippen LogP contribution in [0, 0.1) is 17.8 Å². The average Bonchev–Trinajstić information content (AvgIpc) is 3.00. The summed E-state index contributed by atoms with van der Waals surface area (Å²) in [6.07, 6.45) is 10.1. The zero-order chi connectivity index (χ0) is 13.8. The number of fused-ring (bicyclic) bond motifs is 2. The molecule has 2 aliphatic carbocycles. The van der Waals surface area contributed by atoms with Crippen molar-refractivity contribution in [3.05, 3.63) is 23.8 Å². The van der Waals surface area contributed by atoms with Gasteiger partial charge in [-0.1, -0.05) is 24.6 Å². The SMILES string of the molecule is CC=C(C=CC(=O)NC1C2CCC(C2)C1CO)CC. The number of carbonyl (C=O) groups is 1. The molecular formula is C16H25NO2. The van der Waals surface area contributed by atoms with Gasteiger partial charge in [-0.25, -0.2) is 0 Å². The van der Waals surface area contributed by atoms with Gasteiger partial charge in [-0.2, -0.15) is 0 Å². The normalized spacial score (nSPS) is 34.2. The number of amides is 1. The van der Waals surface area contributed by atoms with Crippen molar-refractivity contribution in [3.8, 4) is 0 Å². The van der Waals surface area contributed by atoms with Crippen LogP contribution in [-0.2, 0) is 4.79 Å². The number of nitrogens with one attached hydrogen (secondary N) is 1. The van der Waals surface area contributed by atoms with E-state index >= 15 is 0 Å². The summed E-state index contributed by atoms with van der Waals surface area (Å²) in [5, 5.41) is 12.6. The number of allylic oxidation sites excluding steroid dienone is 3. The molecule has 0 aromatic carbocycles. The van der Waals surface area contributed by atoms with Gasteiger partial charge in [0.2, 0.25) is 5.91 Å². The van der Waals surface area contributed by atoms with Crippen LogP contribution in [0.5, 0.6) is 0 Å². The lowest BCUT2D eigenvalue weighted by Gasteiger charge is -2.30. The molecule has 2 N–H and O–H groups in total. The molecule has 2 aliphatic rings. The first-order valence-electron chi connectivity index (χ1n) is 7.44. The number of hydrogen-bond donors (Lipinski definition) is 2. The van der Waals surface area contributed by atoms with Crippen LogP contribution in [-0.4, -0.2) is 23.7 Å². The number of aliphatic hydroxyl groups excluding tert-OH is 1. The highest BCUT2D eigenvalue weighted by molar-refractivity contribution is 5.88. The van der Waals surface area contributed by atoms with E-state index in [0.717, 1.165) is 6.42 Å². The summed E-state index contributed by atoms with van der Waals surface area (Å²) in [5.41, 5.74) is 1.17. The molecule has 0 heterocycles. The smallest absolute Gasteiger partial charge is 0.244 e. The molecule has 0 saturated heterocycles. The Bertz CT molecular complexity index is 386. The Labute approximate surface area is 115 Å². The van der Waals surface area contributed by atoms with E-state index in [4.69, 9.17) is 0 Å². The standard InChI is InChI=1S/C16H25NO2/c1-3-11(4-2)5-8-15(19)17-16-13-7-6-12(9-13)14(16)10-18/h3,5,8,12-14,16,18H,4,6-7,9-10H2,1-2H3,(H,17,19). The maximum Gasteiger partial charge on any atom is 0.244 e. The van der Waals surface area contributed by atoms with Gasteiger partial charge in [0, 0.05) is 24.6 Å². The van der Waals surface area contributed by atoms with Crippen molar-refractivity contribution in [2.75, 3.05) is 6.61 Å². The summed E-state index contributed by atoms with van der Waals surface area (Å²) in [6, 6.07) is 0.177. The van der Waals surface area contributed by atoms with Crippen LogP contribution >= 0.6 is 0 Å². The van der Waals surface area contributed by atoms with Crippen molar-refractivity contribution in [2.45, 2.75) is 45.6 Å². The molecular weight excluding hydrogens is 238 g/mol. The molecule has 0 radical (unpaired) electrons. The molecule has 2 rings (SSSR count). The minimum Gasteiger partial charge on any atom is -0.396 e. The van der Waals surface area contributed by atoms with Gasteiger partial charge in [0.05, 0.1) is 0 Å². The Morgan fingerprint density at radius 2 is 2.05 bits per heavy atom. The molecule has 2 saturated carbocycles. The molecule has 0 aromatic heterocycles. The molecule has 4 atom stereocenters. The minimum atomic E-state index is -0.0243. The van der Waals surface area contributed by atoms with E-state index in [-0.39, 0.29) is 24.5 Å². The Hall–Kier alpha value is -1.09. The van der Waals surface area contributed by atoms with E-state index in [1.807, 2.05) is 19.1 Å². The van der Waals surface area contributed by atoms with Gasteiger partial charge < -0.3 is 10.4 Å². The van der Waals surface area contributed by atoms with Crippen molar-refractivity contribution in [1.29, 1.82) is 0 Å². The van der Waals surface area contributed by atoms with Gasteiger partial charge in [-0.15, -0.1) is 0 Å². The summed E-state index contributed by atoms with van der Waals surface area (Å²) >= 11 is 0. The van der Waals surface area contributed by atoms with Crippen LogP contribution in [0.3, 0.4) is 0 Å². The lowest BCUT2D eigenvalue weighted by Crippen LogP contribution is -2.44. The highest BCUT2D eigenvalue weighted by Gasteiger charge is 2.47. The summed E-state index contributed by atoms with van der Waals surface area (Å²) in [6.45, 7) is 4.26. The summed E-state index contributed by atoms with van der Waals surface area (Å²) in [7, 11) is 0. The number of carbonyl (C=O) groups excluding carboxylic acids is 1. The summed E-state index contributed by atoms with van der Waals surface area (Å²) in [5.74, 6) is 1.44. The van der Waals surface area contributed by atoms with Crippen molar-refractivity contribution >= 4 is 5.91 Å². The Kier molecular flexibility index (Phi) is 4.81. The quantitative estimate of drug-likeness (QED) is 0.591. The Balaban J connectivity index is 1.92. The highest BCUT2D eigenvalue weighted by Crippen LogP contribution is 2.48. The van der Waals surface area contributed by atoms with Crippen LogP contribution in [0.15, 0.2) is 23.8 Å². The zero-order valence-electron chi connectivity index (χ0n) is 11.9. The second kappa shape index (κ2) is 6.38. The van der Waals surface area contributed by atoms with Crippen LogP contribution in [0.25, 0.3) is 0 Å². The summed E-state index contributed by atoms with van der Waals surface area (Å²) < 4.78 is 0. The van der Waals surface area contributed by atoms with E-state index in [2.05, 4.69) is 12.2 Å². The monoisotopic (exact) mass is 263 g/mol. The number of hydrogen-bond acceptors (Lipinski definition) is 2. The van der Waals surface area contributed by atoms with E-state index in [1.165, 1.54) is 24.8 Å². The molecule has 3 heteroatoms. The Morgan fingerprint density at radius 3 is 2.68 bits per heavy atom. The predicted octanol–water partition coefficient (Wildman–Crippen LogP) is 2.42. The highest BCUT2D eigenvalue weighted by atomic mass is 16.3. The maximum atomic E-state index is 12.0. The third-order valence-electron chi connectivity index (χ3n) is 4.84. The first kappa shape index (κ1) is 14.3. The van der Waals surface area contributed by atoms with Gasteiger partial charge in [-0.3, -0.25) is 4.79 Å². The average molecular weight is 263 g/mol. The first-order valence-corrected chi connectivity index (χ1v) is 7.44. The molecule has 0 aromatic rings. The number of rotatable bonds is 5. The van der Waals surface area contributed by atoms with E-state index < -0.39 is 0 Å². The Morgan fingerprint density at radius 1 is 1.32 bits per heavy atom. The first-order chi connectivity index (χ1) is 9.19. The van der Waals surface area contributed by atoms with Crippen molar-refractivity contribution < 1.29 is 9.90 Å². The van der Waals surface area contributed by atoms with Crippen LogP contribution < -0.4 is 5.32 Å². The van der Waals surface area contributed by atoms with Gasteiger partial charge in [0.1, 0.15) is 0 Å². The molecule has 3 nitrogen and oxygen atoms in total. The van der Waals surface area contributed by atoms with Gasteiger partial charge in [-0.05, 0) is 44.4 Å². The third kappa shape index (κ3) is 3.08. The van der Waals surface area contributed by atoms with Gasteiger partial charge in [0.25, 0.3) is 0 Å². The van der Waals surface area contributed by atoms with E-state index in [1.54, 1.807) is 6.08 Å². The fourth-order valence-corrected chi connectivity index (χ4v) is 3.71. The van der Waals surface area contributed by atoms with Gasteiger partial charge in [0.15, 0.2) is 0 Å². The predicted molar refractivity (Wildman–Crippen MR) is 76.5 cm³/mol.